The monoisotopic (exact) mass is 265 g/mol. The van der Waals surface area contributed by atoms with Crippen LogP contribution < -0.4 is 5.32 Å². The van der Waals surface area contributed by atoms with Crippen molar-refractivity contribution >= 4 is 11.6 Å². The number of nitrogens with zero attached hydrogens (tertiary/aromatic N) is 2. The van der Waals surface area contributed by atoms with E-state index in [1.54, 1.807) is 13.8 Å². The molecule has 1 amide bonds. The molecular weight excluding hydrogens is 253 g/mol. The minimum atomic E-state index is -0.993. The van der Waals surface area contributed by atoms with Crippen molar-refractivity contribution in [2.24, 2.45) is 5.92 Å². The third kappa shape index (κ3) is 3.48. The second-order valence-electron chi connectivity index (χ2n) is 4.25. The Bertz CT molecular complexity index is 552. The molecule has 0 saturated heterocycles. The van der Waals surface area contributed by atoms with Crippen LogP contribution in [-0.4, -0.2) is 16.9 Å². The summed E-state index contributed by atoms with van der Waals surface area (Å²) >= 11 is 0. The van der Waals surface area contributed by atoms with Crippen LogP contribution in [0.25, 0.3) is 0 Å². The molecule has 0 saturated carbocycles. The van der Waals surface area contributed by atoms with E-state index in [-0.39, 0.29) is 11.5 Å². The minimum absolute atomic E-state index is 0.130. The summed E-state index contributed by atoms with van der Waals surface area (Å²) in [6.07, 6.45) is 0. The Labute approximate surface area is 109 Å². The predicted octanol–water partition coefficient (Wildman–Crippen LogP) is 2.01. The number of amides is 1. The lowest BCUT2D eigenvalue weighted by molar-refractivity contribution is -0.385. The predicted molar refractivity (Wildman–Crippen MR) is 64.8 cm³/mol. The number of nitrogens with one attached hydrogen (secondary N) is 1. The highest BCUT2D eigenvalue weighted by Gasteiger charge is 2.20. The number of carbonyl (C=O) groups is 1. The van der Waals surface area contributed by atoms with Crippen LogP contribution in [0.2, 0.25) is 0 Å². The number of rotatable bonds is 4. The van der Waals surface area contributed by atoms with Gasteiger partial charge in [-0.05, 0) is 12.0 Å². The van der Waals surface area contributed by atoms with Gasteiger partial charge in [-0.15, -0.1) is 0 Å². The van der Waals surface area contributed by atoms with E-state index in [0.29, 0.717) is 6.07 Å². The highest BCUT2D eigenvalue weighted by atomic mass is 19.1. The maximum atomic E-state index is 13.6. The van der Waals surface area contributed by atoms with Gasteiger partial charge in [-0.25, -0.2) is 4.39 Å². The molecule has 0 aromatic heterocycles. The summed E-state index contributed by atoms with van der Waals surface area (Å²) in [5, 5.41) is 21.6. The number of benzene rings is 1. The van der Waals surface area contributed by atoms with Crippen molar-refractivity contribution in [1.29, 1.82) is 5.26 Å². The number of nitriles is 1. The minimum Gasteiger partial charge on any atom is -0.336 e. The molecule has 0 aliphatic rings. The van der Waals surface area contributed by atoms with Crippen molar-refractivity contribution < 1.29 is 14.1 Å². The van der Waals surface area contributed by atoms with Crippen molar-refractivity contribution in [3.63, 3.8) is 0 Å². The lowest BCUT2D eigenvalue weighted by Gasteiger charge is -2.14. The molecule has 100 valence electrons. The van der Waals surface area contributed by atoms with E-state index in [2.05, 4.69) is 5.32 Å². The average molecular weight is 265 g/mol. The fourth-order valence-electron chi connectivity index (χ4n) is 1.37. The number of carbonyl (C=O) groups excluding carboxylic acids is 1. The first kappa shape index (κ1) is 14.6. The summed E-state index contributed by atoms with van der Waals surface area (Å²) in [5.74, 6) is -1.89. The largest absolute Gasteiger partial charge is 0.336 e. The van der Waals surface area contributed by atoms with Gasteiger partial charge in [0, 0.05) is 6.07 Å². The molecule has 0 radical (unpaired) electrons. The zero-order valence-corrected chi connectivity index (χ0v) is 10.4. The standard InChI is InChI=1S/C12H12FN3O3/c1-7(2)11(6-14)15-12(17)9-4-3-8(16(18)19)5-10(9)13/h3-5,7,11H,1-2H3,(H,15,17). The molecule has 19 heavy (non-hydrogen) atoms. The Morgan fingerprint density at radius 1 is 1.53 bits per heavy atom. The van der Waals surface area contributed by atoms with Gasteiger partial charge in [-0.3, -0.25) is 14.9 Å². The molecule has 1 aromatic carbocycles. The summed E-state index contributed by atoms with van der Waals surface area (Å²) in [7, 11) is 0. The lowest BCUT2D eigenvalue weighted by Crippen LogP contribution is -2.37. The third-order valence-corrected chi connectivity index (χ3v) is 2.50. The van der Waals surface area contributed by atoms with Gasteiger partial charge in [0.05, 0.1) is 22.6 Å². The fraction of sp³-hybridized carbons (Fsp3) is 0.333. The second kappa shape index (κ2) is 5.91. The molecule has 0 aliphatic heterocycles. The molecule has 1 unspecified atom stereocenters. The van der Waals surface area contributed by atoms with Crippen LogP contribution in [-0.2, 0) is 0 Å². The van der Waals surface area contributed by atoms with E-state index in [4.69, 9.17) is 5.26 Å². The Morgan fingerprint density at radius 3 is 2.58 bits per heavy atom. The van der Waals surface area contributed by atoms with Crippen molar-refractivity contribution in [2.45, 2.75) is 19.9 Å². The van der Waals surface area contributed by atoms with E-state index in [1.165, 1.54) is 0 Å². The molecule has 1 atom stereocenters. The van der Waals surface area contributed by atoms with Gasteiger partial charge in [0.2, 0.25) is 0 Å². The van der Waals surface area contributed by atoms with Crippen LogP contribution in [0, 0.1) is 33.2 Å². The lowest BCUT2D eigenvalue weighted by atomic mass is 10.1. The first-order valence-electron chi connectivity index (χ1n) is 5.51. The molecule has 0 bridgehead atoms. The molecule has 1 rings (SSSR count). The zero-order chi connectivity index (χ0) is 14.6. The Hall–Kier alpha value is -2.49. The highest BCUT2D eigenvalue weighted by molar-refractivity contribution is 5.95. The summed E-state index contributed by atoms with van der Waals surface area (Å²) in [6, 6.07) is 3.87. The smallest absolute Gasteiger partial charge is 0.272 e. The van der Waals surface area contributed by atoms with E-state index >= 15 is 0 Å². The topological polar surface area (TPSA) is 96.0 Å². The number of nitro benzene ring substituents is 1. The van der Waals surface area contributed by atoms with E-state index in [1.807, 2.05) is 6.07 Å². The highest BCUT2D eigenvalue weighted by Crippen LogP contribution is 2.16. The molecule has 7 heteroatoms. The maximum absolute atomic E-state index is 13.6. The molecule has 0 heterocycles. The summed E-state index contributed by atoms with van der Waals surface area (Å²) in [4.78, 5) is 21.4. The van der Waals surface area contributed by atoms with Gasteiger partial charge < -0.3 is 5.32 Å². The van der Waals surface area contributed by atoms with Crippen molar-refractivity contribution in [3.8, 4) is 6.07 Å². The van der Waals surface area contributed by atoms with Gasteiger partial charge in [-0.2, -0.15) is 5.26 Å². The molecular formula is C12H12FN3O3. The first-order chi connectivity index (χ1) is 8.86. The van der Waals surface area contributed by atoms with Gasteiger partial charge in [0.15, 0.2) is 0 Å². The molecule has 6 nitrogen and oxygen atoms in total. The normalized spacial score (nSPS) is 11.7. The first-order valence-corrected chi connectivity index (χ1v) is 5.51. The van der Waals surface area contributed by atoms with E-state index < -0.39 is 28.4 Å². The number of halogens is 1. The fourth-order valence-corrected chi connectivity index (χ4v) is 1.37. The Kier molecular flexibility index (Phi) is 4.53. The Balaban J connectivity index is 2.95. The van der Waals surface area contributed by atoms with Gasteiger partial charge >= 0.3 is 0 Å². The maximum Gasteiger partial charge on any atom is 0.272 e. The van der Waals surface area contributed by atoms with Gasteiger partial charge in [-0.1, -0.05) is 13.8 Å². The van der Waals surface area contributed by atoms with Gasteiger partial charge in [0.1, 0.15) is 11.9 Å². The van der Waals surface area contributed by atoms with Gasteiger partial charge in [0.25, 0.3) is 11.6 Å². The van der Waals surface area contributed by atoms with Crippen LogP contribution >= 0.6 is 0 Å². The van der Waals surface area contributed by atoms with Crippen LogP contribution in [0.3, 0.4) is 0 Å². The van der Waals surface area contributed by atoms with Crippen molar-refractivity contribution in [1.82, 2.24) is 5.32 Å². The Morgan fingerprint density at radius 2 is 2.16 bits per heavy atom. The van der Waals surface area contributed by atoms with Crippen molar-refractivity contribution in [2.75, 3.05) is 0 Å². The van der Waals surface area contributed by atoms with Crippen LogP contribution in [0.5, 0.6) is 0 Å². The molecule has 0 fully saturated rings. The average Bonchev–Trinajstić information content (AvgIpc) is 2.34. The number of hydrogen-bond acceptors (Lipinski definition) is 4. The molecule has 0 spiro atoms. The SMILES string of the molecule is CC(C)C(C#N)NC(=O)c1ccc([N+](=O)[O-])cc1F. The number of hydrogen-bond donors (Lipinski definition) is 1. The van der Waals surface area contributed by atoms with Crippen molar-refractivity contribution in [3.05, 3.63) is 39.7 Å². The quantitative estimate of drug-likeness (QED) is 0.665. The van der Waals surface area contributed by atoms with E-state index in [9.17, 15) is 19.3 Å². The zero-order valence-electron chi connectivity index (χ0n) is 10.4. The number of non-ortho nitro benzene ring substituents is 1. The summed E-state index contributed by atoms with van der Waals surface area (Å²) < 4.78 is 13.6. The van der Waals surface area contributed by atoms with Crippen LogP contribution in [0.1, 0.15) is 24.2 Å². The molecule has 0 aliphatic carbocycles. The van der Waals surface area contributed by atoms with Crippen LogP contribution in [0.4, 0.5) is 10.1 Å². The third-order valence-electron chi connectivity index (χ3n) is 2.50. The summed E-state index contributed by atoms with van der Waals surface area (Å²) in [5.41, 5.74) is -0.763. The summed E-state index contributed by atoms with van der Waals surface area (Å²) in [6.45, 7) is 3.47. The van der Waals surface area contributed by atoms with E-state index in [0.717, 1.165) is 12.1 Å². The second-order valence-corrected chi connectivity index (χ2v) is 4.25. The number of nitro groups is 1. The molecule has 1 N–H and O–H groups in total. The van der Waals surface area contributed by atoms with Crippen LogP contribution in [0.15, 0.2) is 18.2 Å². The molecule has 1 aromatic rings.